The molecule has 0 radical (unpaired) electrons. The Morgan fingerprint density at radius 1 is 1.39 bits per heavy atom. The van der Waals surface area contributed by atoms with Gasteiger partial charge in [-0.15, -0.1) is 0 Å². The van der Waals surface area contributed by atoms with Crippen LogP contribution in [0.2, 0.25) is 10.0 Å². The van der Waals surface area contributed by atoms with Crippen molar-refractivity contribution >= 4 is 40.7 Å². The molecular formula is C13H17Cl2NOS. The number of carbonyl (C=O) groups is 1. The van der Waals surface area contributed by atoms with E-state index in [0.717, 1.165) is 18.7 Å². The van der Waals surface area contributed by atoms with Gasteiger partial charge in [0.15, 0.2) is 5.78 Å². The summed E-state index contributed by atoms with van der Waals surface area (Å²) in [6, 6.07) is 4.97. The number of rotatable bonds is 7. The quantitative estimate of drug-likeness (QED) is 0.563. The van der Waals surface area contributed by atoms with E-state index in [4.69, 9.17) is 23.2 Å². The average molecular weight is 306 g/mol. The van der Waals surface area contributed by atoms with Gasteiger partial charge in [-0.1, -0.05) is 23.2 Å². The van der Waals surface area contributed by atoms with Gasteiger partial charge in [-0.25, -0.2) is 0 Å². The molecule has 18 heavy (non-hydrogen) atoms. The number of hydrogen-bond donors (Lipinski definition) is 0. The van der Waals surface area contributed by atoms with E-state index in [1.165, 1.54) is 0 Å². The van der Waals surface area contributed by atoms with Crippen LogP contribution >= 0.6 is 35.0 Å². The Morgan fingerprint density at radius 2 is 2.11 bits per heavy atom. The summed E-state index contributed by atoms with van der Waals surface area (Å²) in [6.45, 7) is 1.30. The van der Waals surface area contributed by atoms with Crippen LogP contribution in [0.4, 0.5) is 0 Å². The Morgan fingerprint density at radius 3 is 2.72 bits per heavy atom. The zero-order valence-electron chi connectivity index (χ0n) is 10.6. The lowest BCUT2D eigenvalue weighted by atomic mass is 10.1. The van der Waals surface area contributed by atoms with Crippen LogP contribution in [0.5, 0.6) is 0 Å². The highest BCUT2D eigenvalue weighted by Gasteiger charge is 2.12. The summed E-state index contributed by atoms with van der Waals surface area (Å²) < 4.78 is 0. The van der Waals surface area contributed by atoms with Crippen molar-refractivity contribution in [1.29, 1.82) is 0 Å². The summed E-state index contributed by atoms with van der Waals surface area (Å²) in [5.41, 5.74) is 0.540. The lowest BCUT2D eigenvalue weighted by Crippen LogP contribution is -2.27. The number of likely N-dealkylation sites (N-methyl/N-ethyl adjacent to an activating group) is 1. The van der Waals surface area contributed by atoms with Crippen LogP contribution in [0.3, 0.4) is 0 Å². The second-order valence-corrected chi connectivity index (χ2v) is 5.96. The molecule has 100 valence electrons. The summed E-state index contributed by atoms with van der Waals surface area (Å²) in [6.07, 6.45) is 3.16. The number of thioether (sulfide) groups is 1. The Labute approximate surface area is 123 Å². The minimum absolute atomic E-state index is 0.0309. The summed E-state index contributed by atoms with van der Waals surface area (Å²) >= 11 is 13.6. The fraction of sp³-hybridized carbons (Fsp3) is 0.462. The van der Waals surface area contributed by atoms with Crippen LogP contribution in [0.15, 0.2) is 18.2 Å². The van der Waals surface area contributed by atoms with Gasteiger partial charge in [0.05, 0.1) is 11.6 Å². The first-order valence-corrected chi connectivity index (χ1v) is 7.85. The Kier molecular flexibility index (Phi) is 7.08. The monoisotopic (exact) mass is 305 g/mol. The second-order valence-electron chi connectivity index (χ2n) is 4.13. The zero-order chi connectivity index (χ0) is 13.5. The lowest BCUT2D eigenvalue weighted by molar-refractivity contribution is 0.0946. The van der Waals surface area contributed by atoms with E-state index in [1.54, 1.807) is 18.2 Å². The van der Waals surface area contributed by atoms with E-state index >= 15 is 0 Å². The predicted octanol–water partition coefficient (Wildman–Crippen LogP) is 3.86. The highest BCUT2D eigenvalue weighted by Crippen LogP contribution is 2.21. The van der Waals surface area contributed by atoms with E-state index in [2.05, 4.69) is 6.26 Å². The average Bonchev–Trinajstić information content (AvgIpc) is 2.28. The van der Waals surface area contributed by atoms with E-state index in [0.29, 0.717) is 22.2 Å². The molecule has 0 atom stereocenters. The zero-order valence-corrected chi connectivity index (χ0v) is 12.9. The maximum Gasteiger partial charge on any atom is 0.178 e. The first-order valence-electron chi connectivity index (χ1n) is 5.70. The number of benzene rings is 1. The fourth-order valence-corrected chi connectivity index (χ4v) is 2.54. The van der Waals surface area contributed by atoms with Gasteiger partial charge in [0.1, 0.15) is 0 Å². The largest absolute Gasteiger partial charge is 0.299 e. The van der Waals surface area contributed by atoms with Crippen molar-refractivity contribution in [3.05, 3.63) is 33.8 Å². The number of ketones is 1. The molecule has 0 saturated carbocycles. The summed E-state index contributed by atoms with van der Waals surface area (Å²) in [5, 5.41) is 0.967. The van der Waals surface area contributed by atoms with E-state index < -0.39 is 0 Å². The molecule has 0 aliphatic heterocycles. The molecule has 0 aromatic heterocycles. The first-order chi connectivity index (χ1) is 8.54. The van der Waals surface area contributed by atoms with Gasteiger partial charge in [-0.2, -0.15) is 11.8 Å². The minimum atomic E-state index is 0.0309. The molecule has 0 N–H and O–H groups in total. The Balaban J connectivity index is 2.54. The number of Topliss-reactive ketones (excluding diaryl/α,β-unsaturated/α-hetero) is 1. The van der Waals surface area contributed by atoms with E-state index in [-0.39, 0.29) is 5.78 Å². The third kappa shape index (κ3) is 5.19. The van der Waals surface area contributed by atoms with E-state index in [9.17, 15) is 4.79 Å². The molecule has 0 spiro atoms. The van der Waals surface area contributed by atoms with Crippen molar-refractivity contribution in [2.75, 3.05) is 32.1 Å². The molecule has 0 saturated heterocycles. The van der Waals surface area contributed by atoms with Crippen molar-refractivity contribution in [3.8, 4) is 0 Å². The highest BCUT2D eigenvalue weighted by molar-refractivity contribution is 7.98. The maximum atomic E-state index is 12.0. The normalized spacial score (nSPS) is 10.9. The summed E-state index contributed by atoms with van der Waals surface area (Å²) in [5.74, 6) is 1.14. The molecule has 0 aliphatic rings. The molecule has 1 aromatic carbocycles. The number of nitrogens with zero attached hydrogens (tertiary/aromatic N) is 1. The van der Waals surface area contributed by atoms with Crippen molar-refractivity contribution in [2.24, 2.45) is 0 Å². The van der Waals surface area contributed by atoms with Gasteiger partial charge in [-0.05, 0) is 50.2 Å². The number of hydrogen-bond acceptors (Lipinski definition) is 3. The van der Waals surface area contributed by atoms with Crippen LogP contribution in [0.1, 0.15) is 16.8 Å². The smallest absolute Gasteiger partial charge is 0.178 e. The fourth-order valence-electron chi connectivity index (χ4n) is 1.60. The Bertz CT molecular complexity index is 412. The van der Waals surface area contributed by atoms with E-state index in [1.807, 2.05) is 23.7 Å². The standard InChI is InChI=1S/C13H17Cl2NOS/c1-16(6-3-7-18-2)9-13(17)11-5-4-10(14)8-12(11)15/h4-5,8H,3,6-7,9H2,1-2H3. The molecule has 0 aliphatic carbocycles. The van der Waals surface area contributed by atoms with Gasteiger partial charge in [0.2, 0.25) is 0 Å². The third-order valence-electron chi connectivity index (χ3n) is 2.53. The topological polar surface area (TPSA) is 20.3 Å². The maximum absolute atomic E-state index is 12.0. The van der Waals surface area contributed by atoms with Crippen molar-refractivity contribution in [3.63, 3.8) is 0 Å². The van der Waals surface area contributed by atoms with Crippen LogP contribution in [0.25, 0.3) is 0 Å². The molecule has 0 fully saturated rings. The van der Waals surface area contributed by atoms with Crippen LogP contribution in [-0.2, 0) is 0 Å². The van der Waals surface area contributed by atoms with Crippen LogP contribution in [-0.4, -0.2) is 42.8 Å². The number of halogens is 2. The lowest BCUT2D eigenvalue weighted by Gasteiger charge is -2.15. The minimum Gasteiger partial charge on any atom is -0.299 e. The van der Waals surface area contributed by atoms with Gasteiger partial charge in [0.25, 0.3) is 0 Å². The third-order valence-corrected chi connectivity index (χ3v) is 3.78. The molecule has 0 unspecified atom stereocenters. The van der Waals surface area contributed by atoms with Gasteiger partial charge in [-0.3, -0.25) is 9.69 Å². The SMILES string of the molecule is CSCCCN(C)CC(=O)c1ccc(Cl)cc1Cl. The van der Waals surface area contributed by atoms with Crippen LogP contribution < -0.4 is 0 Å². The molecule has 5 heteroatoms. The molecule has 2 nitrogen and oxygen atoms in total. The number of carbonyl (C=O) groups excluding carboxylic acids is 1. The Hall–Kier alpha value is -0.220. The molecule has 0 heterocycles. The molecule has 0 bridgehead atoms. The van der Waals surface area contributed by atoms with Crippen molar-refractivity contribution in [2.45, 2.75) is 6.42 Å². The van der Waals surface area contributed by atoms with Crippen molar-refractivity contribution < 1.29 is 4.79 Å². The van der Waals surface area contributed by atoms with Crippen LogP contribution in [0, 0.1) is 0 Å². The second kappa shape index (κ2) is 8.05. The first kappa shape index (κ1) is 15.8. The summed E-state index contributed by atoms with van der Waals surface area (Å²) in [4.78, 5) is 14.1. The predicted molar refractivity (Wildman–Crippen MR) is 81.3 cm³/mol. The highest BCUT2D eigenvalue weighted by atomic mass is 35.5. The van der Waals surface area contributed by atoms with Crippen molar-refractivity contribution in [1.82, 2.24) is 4.90 Å². The van der Waals surface area contributed by atoms with Gasteiger partial charge >= 0.3 is 0 Å². The molecular weight excluding hydrogens is 289 g/mol. The van der Waals surface area contributed by atoms with Gasteiger partial charge in [0, 0.05) is 10.6 Å². The molecule has 1 aromatic rings. The molecule has 1 rings (SSSR count). The molecule has 0 amide bonds. The summed E-state index contributed by atoms with van der Waals surface area (Å²) in [7, 11) is 1.95. The van der Waals surface area contributed by atoms with Gasteiger partial charge < -0.3 is 0 Å².